The highest BCUT2D eigenvalue weighted by Crippen LogP contribution is 2.34. The van der Waals surface area contributed by atoms with E-state index in [1.54, 1.807) is 6.07 Å². The molecule has 0 bridgehead atoms. The van der Waals surface area contributed by atoms with Crippen LogP contribution in [-0.4, -0.2) is 26.0 Å². The van der Waals surface area contributed by atoms with Gasteiger partial charge in [0.2, 0.25) is 5.95 Å². The molecule has 0 unspecified atom stereocenters. The molecule has 8 heteroatoms. The zero-order valence-corrected chi connectivity index (χ0v) is 15.3. The third-order valence-electron chi connectivity index (χ3n) is 5.16. The lowest BCUT2D eigenvalue weighted by Gasteiger charge is -2.24. The number of phenols is 1. The third kappa shape index (κ3) is 3.53. The van der Waals surface area contributed by atoms with Crippen LogP contribution in [-0.2, 0) is 0 Å². The molecular weight excluding hydrogens is 358 g/mol. The fourth-order valence-electron chi connectivity index (χ4n) is 3.73. The van der Waals surface area contributed by atoms with Crippen molar-refractivity contribution in [3.8, 4) is 16.9 Å². The molecule has 0 radical (unpaired) electrons. The molecule has 0 amide bonds. The maximum Gasteiger partial charge on any atom is 0.311 e. The van der Waals surface area contributed by atoms with E-state index in [9.17, 15) is 15.2 Å². The largest absolute Gasteiger partial charge is 0.502 e. The van der Waals surface area contributed by atoms with E-state index in [2.05, 4.69) is 15.3 Å². The highest BCUT2D eigenvalue weighted by Gasteiger charge is 2.18. The second-order valence-electron chi connectivity index (χ2n) is 7.10. The summed E-state index contributed by atoms with van der Waals surface area (Å²) in [5.41, 5.74) is 7.67. The fourth-order valence-corrected chi connectivity index (χ4v) is 3.73. The monoisotopic (exact) mass is 379 g/mol. The minimum absolute atomic E-state index is 0.207. The number of hydrogen-bond donors (Lipinski definition) is 3. The van der Waals surface area contributed by atoms with Gasteiger partial charge in [-0.3, -0.25) is 10.1 Å². The molecule has 8 nitrogen and oxygen atoms in total. The number of benzene rings is 2. The first-order chi connectivity index (χ1) is 13.5. The van der Waals surface area contributed by atoms with Crippen molar-refractivity contribution in [3.63, 3.8) is 0 Å². The average molecular weight is 379 g/mol. The molecule has 4 rings (SSSR count). The molecule has 1 fully saturated rings. The second-order valence-corrected chi connectivity index (χ2v) is 7.10. The van der Waals surface area contributed by atoms with Gasteiger partial charge in [-0.15, -0.1) is 0 Å². The average Bonchev–Trinajstić information content (AvgIpc) is 2.68. The minimum Gasteiger partial charge on any atom is -0.502 e. The van der Waals surface area contributed by atoms with Gasteiger partial charge in [0, 0.05) is 17.5 Å². The SMILES string of the molecule is Nc1nc(NC2CCCCC2)c2cc(-c3ccc(O)c([N+](=O)[O-])c3)ccc2n1. The van der Waals surface area contributed by atoms with Crippen molar-refractivity contribution in [2.45, 2.75) is 38.1 Å². The number of nitro benzene ring substituents is 1. The molecule has 1 aliphatic rings. The normalized spacial score (nSPS) is 14.9. The highest BCUT2D eigenvalue weighted by atomic mass is 16.6. The van der Waals surface area contributed by atoms with Crippen molar-refractivity contribution in [1.82, 2.24) is 9.97 Å². The molecule has 1 aliphatic carbocycles. The van der Waals surface area contributed by atoms with E-state index >= 15 is 0 Å². The Morgan fingerprint density at radius 3 is 2.54 bits per heavy atom. The Kier molecular flexibility index (Phi) is 4.68. The number of hydrogen-bond acceptors (Lipinski definition) is 7. The van der Waals surface area contributed by atoms with Crippen LogP contribution >= 0.6 is 0 Å². The van der Waals surface area contributed by atoms with Crippen LogP contribution in [0.5, 0.6) is 5.75 Å². The van der Waals surface area contributed by atoms with Gasteiger partial charge in [0.15, 0.2) is 5.75 Å². The highest BCUT2D eigenvalue weighted by molar-refractivity contribution is 5.93. The zero-order chi connectivity index (χ0) is 19.7. The summed E-state index contributed by atoms with van der Waals surface area (Å²) in [5, 5.41) is 25.1. The predicted molar refractivity (Wildman–Crippen MR) is 108 cm³/mol. The van der Waals surface area contributed by atoms with Gasteiger partial charge in [0.05, 0.1) is 10.4 Å². The van der Waals surface area contributed by atoms with E-state index < -0.39 is 4.92 Å². The molecule has 28 heavy (non-hydrogen) atoms. The van der Waals surface area contributed by atoms with Crippen molar-refractivity contribution in [3.05, 3.63) is 46.5 Å². The Labute approximate surface area is 161 Å². The first-order valence-electron chi connectivity index (χ1n) is 9.33. The molecular formula is C20H21N5O3. The van der Waals surface area contributed by atoms with Crippen LogP contribution in [0.25, 0.3) is 22.0 Å². The molecule has 0 saturated heterocycles. The second kappa shape index (κ2) is 7.30. The van der Waals surface area contributed by atoms with Gasteiger partial charge in [-0.05, 0) is 42.2 Å². The number of aromatic hydroxyl groups is 1. The number of rotatable bonds is 4. The van der Waals surface area contributed by atoms with E-state index in [0.717, 1.165) is 23.8 Å². The first-order valence-corrected chi connectivity index (χ1v) is 9.33. The zero-order valence-electron chi connectivity index (χ0n) is 15.3. The van der Waals surface area contributed by atoms with Crippen LogP contribution in [0.3, 0.4) is 0 Å². The summed E-state index contributed by atoms with van der Waals surface area (Å²) >= 11 is 0. The van der Waals surface area contributed by atoms with E-state index in [1.807, 2.05) is 18.2 Å². The maximum atomic E-state index is 11.1. The molecule has 1 aromatic heterocycles. The van der Waals surface area contributed by atoms with Crippen molar-refractivity contribution in [2.24, 2.45) is 0 Å². The van der Waals surface area contributed by atoms with Gasteiger partial charge in [-0.1, -0.05) is 31.4 Å². The van der Waals surface area contributed by atoms with Gasteiger partial charge in [-0.2, -0.15) is 4.98 Å². The number of phenolic OH excluding ortho intramolecular Hbond substituents is 1. The summed E-state index contributed by atoms with van der Waals surface area (Å²) in [6.07, 6.45) is 5.83. The lowest BCUT2D eigenvalue weighted by atomic mass is 9.95. The van der Waals surface area contributed by atoms with Crippen LogP contribution in [0.15, 0.2) is 36.4 Å². The van der Waals surface area contributed by atoms with E-state index in [-0.39, 0.29) is 17.4 Å². The third-order valence-corrected chi connectivity index (χ3v) is 5.16. The predicted octanol–water partition coefficient (Wildman–Crippen LogP) is 4.24. The number of anilines is 2. The lowest BCUT2D eigenvalue weighted by molar-refractivity contribution is -0.385. The maximum absolute atomic E-state index is 11.1. The van der Waals surface area contributed by atoms with E-state index in [0.29, 0.717) is 22.9 Å². The standard InChI is InChI=1S/C20H21N5O3/c21-20-23-16-8-6-12(13-7-9-18(26)17(11-13)25(27)28)10-15(16)19(24-20)22-14-4-2-1-3-5-14/h6-11,14,26H,1-5H2,(H3,21,22,23,24). The van der Waals surface area contributed by atoms with Crippen LogP contribution < -0.4 is 11.1 Å². The van der Waals surface area contributed by atoms with Crippen molar-refractivity contribution in [1.29, 1.82) is 0 Å². The van der Waals surface area contributed by atoms with E-state index in [1.165, 1.54) is 31.4 Å². The van der Waals surface area contributed by atoms with Crippen LogP contribution in [0.4, 0.5) is 17.5 Å². The van der Waals surface area contributed by atoms with Gasteiger partial charge in [0.1, 0.15) is 5.82 Å². The smallest absolute Gasteiger partial charge is 0.311 e. The number of aromatic nitrogens is 2. The summed E-state index contributed by atoms with van der Waals surface area (Å²) in [7, 11) is 0. The Morgan fingerprint density at radius 2 is 1.79 bits per heavy atom. The number of nitrogens with zero attached hydrogens (tertiary/aromatic N) is 3. The Hall–Kier alpha value is -3.42. The fraction of sp³-hybridized carbons (Fsp3) is 0.300. The summed E-state index contributed by atoms with van der Waals surface area (Å²) in [6.45, 7) is 0. The van der Waals surface area contributed by atoms with Gasteiger partial charge < -0.3 is 16.2 Å². The molecule has 4 N–H and O–H groups in total. The Morgan fingerprint density at radius 1 is 1.07 bits per heavy atom. The summed E-state index contributed by atoms with van der Waals surface area (Å²) in [5.74, 6) is 0.536. The van der Waals surface area contributed by atoms with Crippen molar-refractivity contribution in [2.75, 3.05) is 11.1 Å². The van der Waals surface area contributed by atoms with Crippen molar-refractivity contribution < 1.29 is 10.0 Å². The number of fused-ring (bicyclic) bond motifs is 1. The Bertz CT molecular complexity index is 1050. The summed E-state index contributed by atoms with van der Waals surface area (Å²) in [6, 6.07) is 10.3. The number of nitro groups is 1. The van der Waals surface area contributed by atoms with Crippen LogP contribution in [0.1, 0.15) is 32.1 Å². The molecule has 144 valence electrons. The molecule has 0 spiro atoms. The molecule has 3 aromatic rings. The topological polar surface area (TPSA) is 127 Å². The summed E-state index contributed by atoms with van der Waals surface area (Å²) in [4.78, 5) is 19.2. The number of nitrogens with one attached hydrogen (secondary N) is 1. The lowest BCUT2D eigenvalue weighted by Crippen LogP contribution is -2.23. The molecule has 2 aromatic carbocycles. The van der Waals surface area contributed by atoms with Gasteiger partial charge in [0.25, 0.3) is 0 Å². The number of nitrogens with two attached hydrogens (primary N) is 1. The van der Waals surface area contributed by atoms with E-state index in [4.69, 9.17) is 5.73 Å². The molecule has 0 atom stereocenters. The van der Waals surface area contributed by atoms with Gasteiger partial charge in [-0.25, -0.2) is 4.98 Å². The van der Waals surface area contributed by atoms with Gasteiger partial charge >= 0.3 is 5.69 Å². The molecule has 1 saturated carbocycles. The Balaban J connectivity index is 1.77. The molecule has 1 heterocycles. The van der Waals surface area contributed by atoms with Crippen LogP contribution in [0, 0.1) is 10.1 Å². The minimum atomic E-state index is -0.597. The summed E-state index contributed by atoms with van der Waals surface area (Å²) < 4.78 is 0. The molecule has 0 aliphatic heterocycles. The first kappa shape index (κ1) is 18.0. The van der Waals surface area contributed by atoms with Crippen molar-refractivity contribution >= 4 is 28.4 Å². The number of nitrogen functional groups attached to an aromatic ring is 1. The van der Waals surface area contributed by atoms with Crippen LogP contribution in [0.2, 0.25) is 0 Å². The quantitative estimate of drug-likeness (QED) is 0.457.